The fraction of sp³-hybridized carbons (Fsp3) is 0.278. The number of nitrogens with one attached hydrogen (secondary N) is 2. The number of carbonyl (C=O) groups excluding carboxylic acids is 1. The Morgan fingerprint density at radius 1 is 1.15 bits per heavy atom. The van der Waals surface area contributed by atoms with Crippen LogP contribution in [0.2, 0.25) is 0 Å². The van der Waals surface area contributed by atoms with E-state index in [0.29, 0.717) is 12.1 Å². The summed E-state index contributed by atoms with van der Waals surface area (Å²) in [4.78, 5) is 12.4. The Hall–Kier alpha value is -2.07. The molecule has 2 aromatic carbocycles. The highest BCUT2D eigenvalue weighted by molar-refractivity contribution is 8.24. The summed E-state index contributed by atoms with van der Waals surface area (Å²) in [5, 5.41) is 2.73. The standard InChI is InChI=1S/C18H22N2O5S2/c1-13-4-2-6-15(10-13)20-27(24,25)17-7-3-5-14(11-17)18(21)19-16-8-9-26(22,23)12-16/h2-7,10-11,16,20,22-23H,8-9,12H2,1H3,(H,19,21). The molecule has 1 unspecified atom stereocenters. The van der Waals surface area contributed by atoms with Crippen molar-refractivity contribution < 1.29 is 22.3 Å². The van der Waals surface area contributed by atoms with Gasteiger partial charge in [-0.3, -0.25) is 18.6 Å². The summed E-state index contributed by atoms with van der Waals surface area (Å²) in [6.45, 7) is 1.86. The van der Waals surface area contributed by atoms with E-state index in [4.69, 9.17) is 0 Å². The zero-order chi connectivity index (χ0) is 19.7. The number of sulfonamides is 1. The molecule has 0 bridgehead atoms. The number of carbonyl (C=O) groups is 1. The molecule has 3 rings (SSSR count). The third-order valence-corrected chi connectivity index (χ3v) is 7.48. The minimum atomic E-state index is -3.84. The smallest absolute Gasteiger partial charge is 0.261 e. The summed E-state index contributed by atoms with van der Waals surface area (Å²) >= 11 is 0. The summed E-state index contributed by atoms with van der Waals surface area (Å²) < 4.78 is 47.0. The average Bonchev–Trinajstić information content (AvgIpc) is 2.93. The number of amides is 1. The second kappa shape index (κ2) is 7.51. The Balaban J connectivity index is 1.75. The Bertz CT molecular complexity index is 960. The molecule has 0 aromatic heterocycles. The highest BCUT2D eigenvalue weighted by Crippen LogP contribution is 2.45. The van der Waals surface area contributed by atoms with Crippen LogP contribution in [0.25, 0.3) is 0 Å². The van der Waals surface area contributed by atoms with Gasteiger partial charge in [-0.25, -0.2) is 8.42 Å². The fourth-order valence-corrected chi connectivity index (χ4v) is 5.75. The first-order valence-corrected chi connectivity index (χ1v) is 11.8. The molecule has 0 saturated carbocycles. The van der Waals surface area contributed by atoms with Crippen molar-refractivity contribution in [2.45, 2.75) is 24.3 Å². The Morgan fingerprint density at radius 3 is 2.56 bits per heavy atom. The molecule has 1 aliphatic heterocycles. The lowest BCUT2D eigenvalue weighted by atomic mass is 10.2. The summed E-state index contributed by atoms with van der Waals surface area (Å²) in [7, 11) is -6.45. The van der Waals surface area contributed by atoms with Crippen molar-refractivity contribution in [1.82, 2.24) is 5.32 Å². The van der Waals surface area contributed by atoms with E-state index >= 15 is 0 Å². The van der Waals surface area contributed by atoms with Gasteiger partial charge >= 0.3 is 0 Å². The second-order valence-electron chi connectivity index (χ2n) is 6.63. The van der Waals surface area contributed by atoms with Crippen LogP contribution in [0.5, 0.6) is 0 Å². The molecule has 1 saturated heterocycles. The van der Waals surface area contributed by atoms with Crippen molar-refractivity contribution in [2.24, 2.45) is 0 Å². The number of rotatable bonds is 5. The van der Waals surface area contributed by atoms with E-state index in [0.717, 1.165) is 5.56 Å². The zero-order valence-corrected chi connectivity index (χ0v) is 16.4. The number of hydrogen-bond donors (Lipinski definition) is 4. The molecular formula is C18H22N2O5S2. The van der Waals surface area contributed by atoms with Crippen molar-refractivity contribution in [3.05, 3.63) is 59.7 Å². The van der Waals surface area contributed by atoms with Crippen LogP contribution in [-0.2, 0) is 10.0 Å². The van der Waals surface area contributed by atoms with Crippen LogP contribution < -0.4 is 10.0 Å². The van der Waals surface area contributed by atoms with Gasteiger partial charge in [0.2, 0.25) is 0 Å². The van der Waals surface area contributed by atoms with E-state index in [2.05, 4.69) is 10.0 Å². The van der Waals surface area contributed by atoms with Crippen molar-refractivity contribution in [3.63, 3.8) is 0 Å². The van der Waals surface area contributed by atoms with Gasteiger partial charge < -0.3 is 5.32 Å². The van der Waals surface area contributed by atoms with Crippen LogP contribution in [0.3, 0.4) is 0 Å². The molecule has 1 fully saturated rings. The number of benzene rings is 2. The van der Waals surface area contributed by atoms with Crippen LogP contribution in [0.15, 0.2) is 53.4 Å². The van der Waals surface area contributed by atoms with E-state index < -0.39 is 26.5 Å². The van der Waals surface area contributed by atoms with Crippen molar-refractivity contribution in [2.75, 3.05) is 16.2 Å². The average molecular weight is 411 g/mol. The minimum absolute atomic E-state index is 0.0210. The molecule has 1 heterocycles. The third kappa shape index (κ3) is 5.01. The lowest BCUT2D eigenvalue weighted by Crippen LogP contribution is -2.35. The second-order valence-corrected chi connectivity index (χ2v) is 10.7. The molecule has 0 aliphatic carbocycles. The molecule has 0 spiro atoms. The molecule has 27 heavy (non-hydrogen) atoms. The van der Waals surface area contributed by atoms with Gasteiger partial charge in [-0.1, -0.05) is 18.2 Å². The SMILES string of the molecule is Cc1cccc(NS(=O)(=O)c2cccc(C(=O)NC3CCS(O)(O)C3)c2)c1. The molecule has 9 heteroatoms. The lowest BCUT2D eigenvalue weighted by Gasteiger charge is -2.26. The zero-order valence-electron chi connectivity index (χ0n) is 14.8. The summed E-state index contributed by atoms with van der Waals surface area (Å²) in [6.07, 6.45) is 0.487. The van der Waals surface area contributed by atoms with Gasteiger partial charge in [-0.15, -0.1) is 0 Å². The van der Waals surface area contributed by atoms with E-state index in [1.165, 1.54) is 24.3 Å². The van der Waals surface area contributed by atoms with Crippen LogP contribution >= 0.6 is 10.6 Å². The van der Waals surface area contributed by atoms with Crippen LogP contribution in [-0.4, -0.2) is 41.0 Å². The molecule has 1 aliphatic rings. The quantitative estimate of drug-likeness (QED) is 0.605. The highest BCUT2D eigenvalue weighted by Gasteiger charge is 2.29. The maximum Gasteiger partial charge on any atom is 0.261 e. The first-order valence-electron chi connectivity index (χ1n) is 8.39. The van der Waals surface area contributed by atoms with Crippen LogP contribution in [0.1, 0.15) is 22.3 Å². The van der Waals surface area contributed by atoms with E-state index in [-0.39, 0.29) is 28.0 Å². The minimum Gasteiger partial charge on any atom is -0.348 e. The molecular weight excluding hydrogens is 388 g/mol. The maximum atomic E-state index is 12.6. The topological polar surface area (TPSA) is 116 Å². The lowest BCUT2D eigenvalue weighted by molar-refractivity contribution is 0.0941. The van der Waals surface area contributed by atoms with Gasteiger partial charge in [0.15, 0.2) is 0 Å². The molecule has 7 nitrogen and oxygen atoms in total. The van der Waals surface area contributed by atoms with Crippen molar-refractivity contribution >= 4 is 32.2 Å². The summed E-state index contributed by atoms with van der Waals surface area (Å²) in [5.74, 6) is -0.0389. The number of hydrogen-bond acceptors (Lipinski definition) is 5. The number of anilines is 1. The first kappa shape index (κ1) is 19.7. The predicted octanol–water partition coefficient (Wildman–Crippen LogP) is 3.05. The van der Waals surface area contributed by atoms with E-state index in [9.17, 15) is 22.3 Å². The first-order chi connectivity index (χ1) is 12.6. The summed E-state index contributed by atoms with van der Waals surface area (Å²) in [6, 6.07) is 12.4. The molecule has 1 amide bonds. The van der Waals surface area contributed by atoms with Crippen molar-refractivity contribution in [3.8, 4) is 0 Å². The monoisotopic (exact) mass is 410 g/mol. The van der Waals surface area contributed by atoms with Gasteiger partial charge in [-0.2, -0.15) is 10.6 Å². The highest BCUT2D eigenvalue weighted by atomic mass is 32.3. The normalized spacial score (nSPS) is 20.0. The fourth-order valence-electron chi connectivity index (χ4n) is 2.93. The van der Waals surface area contributed by atoms with Gasteiger partial charge in [-0.05, 0) is 49.2 Å². The van der Waals surface area contributed by atoms with Gasteiger partial charge in [0, 0.05) is 23.0 Å². The van der Waals surface area contributed by atoms with Gasteiger partial charge in [0.1, 0.15) is 0 Å². The largest absolute Gasteiger partial charge is 0.348 e. The Kier molecular flexibility index (Phi) is 5.48. The third-order valence-electron chi connectivity index (χ3n) is 4.27. The Morgan fingerprint density at radius 2 is 1.89 bits per heavy atom. The van der Waals surface area contributed by atoms with Crippen molar-refractivity contribution in [1.29, 1.82) is 0 Å². The molecule has 2 aromatic rings. The maximum absolute atomic E-state index is 12.6. The molecule has 4 N–H and O–H groups in total. The van der Waals surface area contributed by atoms with E-state index in [1.807, 2.05) is 13.0 Å². The number of aryl methyl sites for hydroxylation is 1. The molecule has 0 radical (unpaired) electrons. The van der Waals surface area contributed by atoms with E-state index in [1.54, 1.807) is 18.2 Å². The van der Waals surface area contributed by atoms with Crippen LogP contribution in [0, 0.1) is 6.92 Å². The molecule has 146 valence electrons. The van der Waals surface area contributed by atoms with Gasteiger partial charge in [0.05, 0.1) is 10.6 Å². The molecule has 1 atom stereocenters. The summed E-state index contributed by atoms with van der Waals surface area (Å²) in [5.41, 5.74) is 1.57. The predicted molar refractivity (Wildman–Crippen MR) is 107 cm³/mol. The van der Waals surface area contributed by atoms with Gasteiger partial charge in [0.25, 0.3) is 15.9 Å². The Labute approximate surface area is 160 Å². The van der Waals surface area contributed by atoms with Crippen LogP contribution in [0.4, 0.5) is 5.69 Å².